The first kappa shape index (κ1) is 16.9. The second kappa shape index (κ2) is 8.82. The molecule has 1 heterocycles. The van der Waals surface area contributed by atoms with Crippen LogP contribution in [0.4, 0.5) is 0 Å². The lowest BCUT2D eigenvalue weighted by atomic mass is 9.92. The number of ether oxygens (including phenoxy) is 1. The van der Waals surface area contributed by atoms with Crippen LogP contribution in [-0.2, 0) is 20.8 Å². The van der Waals surface area contributed by atoms with Gasteiger partial charge in [0.2, 0.25) is 5.91 Å². The summed E-state index contributed by atoms with van der Waals surface area (Å²) in [5.41, 5.74) is 2.49. The van der Waals surface area contributed by atoms with E-state index >= 15 is 0 Å². The van der Waals surface area contributed by atoms with Gasteiger partial charge >= 0.3 is 0 Å². The highest BCUT2D eigenvalue weighted by Gasteiger charge is 2.31. The minimum absolute atomic E-state index is 0.124. The third kappa shape index (κ3) is 4.75. The highest BCUT2D eigenvalue weighted by molar-refractivity contribution is 5.80. The Hall–Kier alpha value is -1.51. The molecular formula is C15H22N2O5. The maximum atomic E-state index is 12.7. The fourth-order valence-electron chi connectivity index (χ4n) is 2.51. The largest absolute Gasteiger partial charge is 0.390 e. The van der Waals surface area contributed by atoms with Crippen molar-refractivity contribution in [2.24, 2.45) is 5.92 Å². The van der Waals surface area contributed by atoms with Gasteiger partial charge in [0.1, 0.15) is 0 Å². The van der Waals surface area contributed by atoms with Crippen molar-refractivity contribution in [2.45, 2.75) is 12.5 Å². The molecule has 0 bridgehead atoms. The van der Waals surface area contributed by atoms with Crippen LogP contribution in [0.3, 0.4) is 0 Å². The van der Waals surface area contributed by atoms with E-state index in [1.54, 1.807) is 4.90 Å². The third-order valence-corrected chi connectivity index (χ3v) is 3.72. The summed E-state index contributed by atoms with van der Waals surface area (Å²) in [4.78, 5) is 19.0. The molecule has 1 fully saturated rings. The lowest BCUT2D eigenvalue weighted by Gasteiger charge is -2.32. The van der Waals surface area contributed by atoms with Gasteiger partial charge in [-0.15, -0.1) is 0 Å². The average Bonchev–Trinajstić information content (AvgIpc) is 2.58. The van der Waals surface area contributed by atoms with Crippen molar-refractivity contribution < 1.29 is 24.7 Å². The molecule has 0 saturated carbocycles. The first-order valence-corrected chi connectivity index (χ1v) is 7.31. The van der Waals surface area contributed by atoms with E-state index in [2.05, 4.69) is 4.84 Å². The van der Waals surface area contributed by atoms with Crippen LogP contribution >= 0.6 is 0 Å². The Bertz CT molecular complexity index is 451. The number of hydrogen-bond donors (Lipinski definition) is 3. The molecule has 7 heteroatoms. The summed E-state index contributed by atoms with van der Waals surface area (Å²) < 4.78 is 5.25. The van der Waals surface area contributed by atoms with Crippen molar-refractivity contribution in [3.05, 3.63) is 35.9 Å². The van der Waals surface area contributed by atoms with Gasteiger partial charge < -0.3 is 14.7 Å². The fraction of sp³-hybridized carbons (Fsp3) is 0.533. The van der Waals surface area contributed by atoms with E-state index in [-0.39, 0.29) is 12.5 Å². The molecule has 1 amide bonds. The number of nitrogens with one attached hydrogen (secondary N) is 1. The number of aliphatic hydroxyl groups is 1. The summed E-state index contributed by atoms with van der Waals surface area (Å²) >= 11 is 0. The van der Waals surface area contributed by atoms with E-state index in [9.17, 15) is 9.90 Å². The molecule has 3 N–H and O–H groups in total. The summed E-state index contributed by atoms with van der Waals surface area (Å²) in [5.74, 6) is -0.755. The van der Waals surface area contributed by atoms with Crippen LogP contribution < -0.4 is 5.64 Å². The van der Waals surface area contributed by atoms with Gasteiger partial charge in [-0.3, -0.25) is 14.8 Å². The molecule has 0 spiro atoms. The topological polar surface area (TPSA) is 91.3 Å². The standard InChI is InChI=1S/C15H22N2O5/c18-14(11-22-16-20)13(10-12-4-2-1-3-5-12)15(19)17-6-8-21-9-7-17/h1-5,13-14,16,18,20H,6-11H2/t13-,14-/m1/s1. The molecule has 2 rings (SSSR count). The number of nitrogens with zero attached hydrogens (tertiary/aromatic N) is 1. The summed E-state index contributed by atoms with van der Waals surface area (Å²) in [6, 6.07) is 9.51. The molecule has 0 aliphatic carbocycles. The smallest absolute Gasteiger partial charge is 0.228 e. The lowest BCUT2D eigenvalue weighted by Crippen LogP contribution is -2.48. The number of carbonyl (C=O) groups excluding carboxylic acids is 1. The van der Waals surface area contributed by atoms with Crippen LogP contribution in [0.25, 0.3) is 0 Å². The Morgan fingerprint density at radius 1 is 1.32 bits per heavy atom. The Morgan fingerprint density at radius 2 is 2.00 bits per heavy atom. The van der Waals surface area contributed by atoms with E-state index in [1.165, 1.54) is 5.64 Å². The molecule has 1 aromatic carbocycles. The van der Waals surface area contributed by atoms with Crippen LogP contribution in [0, 0.1) is 5.92 Å². The molecular weight excluding hydrogens is 288 g/mol. The van der Waals surface area contributed by atoms with E-state index < -0.39 is 12.0 Å². The molecule has 1 aliphatic rings. The number of hydrogen-bond acceptors (Lipinski definition) is 6. The van der Waals surface area contributed by atoms with Gasteiger partial charge in [0.05, 0.1) is 31.8 Å². The Kier molecular flexibility index (Phi) is 6.75. The number of aliphatic hydroxyl groups excluding tert-OH is 1. The lowest BCUT2D eigenvalue weighted by molar-refractivity contribution is -0.163. The van der Waals surface area contributed by atoms with E-state index in [0.29, 0.717) is 32.7 Å². The van der Waals surface area contributed by atoms with Gasteiger partial charge in [-0.05, 0) is 12.0 Å². The zero-order valence-electron chi connectivity index (χ0n) is 12.4. The number of morpholine rings is 1. The van der Waals surface area contributed by atoms with Crippen molar-refractivity contribution in [3.63, 3.8) is 0 Å². The van der Waals surface area contributed by atoms with Crippen molar-refractivity contribution in [3.8, 4) is 0 Å². The summed E-state index contributed by atoms with van der Waals surface area (Å²) in [5, 5.41) is 18.7. The van der Waals surface area contributed by atoms with Gasteiger partial charge in [-0.1, -0.05) is 36.0 Å². The molecule has 22 heavy (non-hydrogen) atoms. The molecule has 1 aliphatic heterocycles. The first-order chi connectivity index (χ1) is 10.7. The van der Waals surface area contributed by atoms with Gasteiger partial charge in [0.15, 0.2) is 0 Å². The molecule has 0 unspecified atom stereocenters. The fourth-order valence-corrected chi connectivity index (χ4v) is 2.51. The van der Waals surface area contributed by atoms with E-state index in [0.717, 1.165) is 5.56 Å². The van der Waals surface area contributed by atoms with Gasteiger partial charge in [-0.2, -0.15) is 0 Å². The molecule has 7 nitrogen and oxygen atoms in total. The zero-order valence-corrected chi connectivity index (χ0v) is 12.4. The minimum Gasteiger partial charge on any atom is -0.390 e. The highest BCUT2D eigenvalue weighted by atomic mass is 16.8. The van der Waals surface area contributed by atoms with Crippen molar-refractivity contribution in [1.82, 2.24) is 10.5 Å². The summed E-state index contributed by atoms with van der Waals surface area (Å²) in [6.45, 7) is 1.89. The highest BCUT2D eigenvalue weighted by Crippen LogP contribution is 2.17. The molecule has 1 aromatic rings. The molecule has 122 valence electrons. The number of amides is 1. The normalized spacial score (nSPS) is 18.0. The SMILES string of the molecule is O=C([C@H](Cc1ccccc1)[C@H](O)CONO)N1CCOCC1. The molecule has 0 radical (unpaired) electrons. The van der Waals surface area contributed by atoms with Crippen LogP contribution in [0.5, 0.6) is 0 Å². The summed E-state index contributed by atoms with van der Waals surface area (Å²) in [7, 11) is 0. The van der Waals surface area contributed by atoms with Crippen LogP contribution in [0.1, 0.15) is 5.56 Å². The third-order valence-electron chi connectivity index (χ3n) is 3.72. The number of carbonyl (C=O) groups is 1. The Labute approximate surface area is 129 Å². The number of rotatable bonds is 7. The predicted molar refractivity (Wildman–Crippen MR) is 77.9 cm³/mol. The number of benzene rings is 1. The monoisotopic (exact) mass is 310 g/mol. The average molecular weight is 310 g/mol. The quantitative estimate of drug-likeness (QED) is 0.613. The first-order valence-electron chi connectivity index (χ1n) is 7.31. The van der Waals surface area contributed by atoms with Crippen LogP contribution in [0.2, 0.25) is 0 Å². The van der Waals surface area contributed by atoms with Crippen LogP contribution in [0.15, 0.2) is 30.3 Å². The van der Waals surface area contributed by atoms with Crippen molar-refractivity contribution >= 4 is 5.91 Å². The maximum absolute atomic E-state index is 12.7. The Morgan fingerprint density at radius 3 is 2.64 bits per heavy atom. The maximum Gasteiger partial charge on any atom is 0.228 e. The van der Waals surface area contributed by atoms with Crippen molar-refractivity contribution in [2.75, 3.05) is 32.9 Å². The zero-order chi connectivity index (χ0) is 15.8. The van der Waals surface area contributed by atoms with E-state index in [1.807, 2.05) is 30.3 Å². The summed E-state index contributed by atoms with van der Waals surface area (Å²) in [6.07, 6.45) is -0.609. The van der Waals surface area contributed by atoms with E-state index in [4.69, 9.17) is 9.94 Å². The second-order valence-corrected chi connectivity index (χ2v) is 5.20. The predicted octanol–water partition coefficient (Wildman–Crippen LogP) is -0.0246. The molecule has 1 saturated heterocycles. The molecule has 0 aromatic heterocycles. The second-order valence-electron chi connectivity index (χ2n) is 5.20. The Balaban J connectivity index is 2.07. The van der Waals surface area contributed by atoms with Crippen LogP contribution in [-0.4, -0.2) is 60.1 Å². The van der Waals surface area contributed by atoms with Crippen molar-refractivity contribution in [1.29, 1.82) is 0 Å². The minimum atomic E-state index is -1.02. The van der Waals surface area contributed by atoms with Gasteiger partial charge in [0.25, 0.3) is 0 Å². The van der Waals surface area contributed by atoms with Gasteiger partial charge in [-0.25, -0.2) is 0 Å². The van der Waals surface area contributed by atoms with Gasteiger partial charge in [0, 0.05) is 13.1 Å². The molecule has 2 atom stereocenters.